The Morgan fingerprint density at radius 2 is 2.17 bits per heavy atom. The maximum atomic E-state index is 12.4. The van der Waals surface area contributed by atoms with Crippen molar-refractivity contribution in [3.05, 3.63) is 24.3 Å². The normalized spacial score (nSPS) is 26.2. The number of nitrogens with two attached hydrogens (primary N) is 1. The Hall–Kier alpha value is -2.65. The second-order valence-electron chi connectivity index (χ2n) is 5.69. The zero-order chi connectivity index (χ0) is 17.3. The minimum Gasteiger partial charge on any atom is -0.434 e. The van der Waals surface area contributed by atoms with Gasteiger partial charge in [-0.25, -0.2) is 0 Å². The van der Waals surface area contributed by atoms with E-state index in [9.17, 15) is 19.5 Å². The number of carbonyl (C=O) groups is 3. The third kappa shape index (κ3) is 3.17. The fraction of sp³-hybridized carbons (Fsp3) is 0.400. The monoisotopic (exact) mass is 334 g/mol. The molecule has 0 saturated carbocycles. The van der Waals surface area contributed by atoms with Gasteiger partial charge in [-0.2, -0.15) is 0 Å². The second kappa shape index (κ2) is 6.46. The zero-order valence-electron chi connectivity index (χ0n) is 12.8. The second-order valence-corrected chi connectivity index (χ2v) is 5.69. The molecule has 0 bridgehead atoms. The molecule has 2 amide bonds. The maximum Gasteiger partial charge on any atom is 0.310 e. The van der Waals surface area contributed by atoms with E-state index in [0.29, 0.717) is 11.4 Å². The van der Waals surface area contributed by atoms with Crippen molar-refractivity contribution in [1.82, 2.24) is 5.32 Å². The smallest absolute Gasteiger partial charge is 0.310 e. The summed E-state index contributed by atoms with van der Waals surface area (Å²) >= 11 is 0. The summed E-state index contributed by atoms with van der Waals surface area (Å²) < 4.78 is 4.57. The third-order valence-electron chi connectivity index (χ3n) is 3.92. The molecule has 0 aromatic heterocycles. The van der Waals surface area contributed by atoms with Crippen LogP contribution in [0.25, 0.3) is 0 Å². The van der Waals surface area contributed by atoms with E-state index >= 15 is 0 Å². The molecule has 2 aliphatic heterocycles. The van der Waals surface area contributed by atoms with Gasteiger partial charge in [0.2, 0.25) is 18.1 Å². The molecule has 9 heteroatoms. The summed E-state index contributed by atoms with van der Waals surface area (Å²) in [6.07, 6.45) is -1.49. The Morgan fingerprint density at radius 3 is 2.88 bits per heavy atom. The van der Waals surface area contributed by atoms with Gasteiger partial charge in [-0.05, 0) is 12.1 Å². The first-order chi connectivity index (χ1) is 11.5. The number of esters is 1. The van der Waals surface area contributed by atoms with Gasteiger partial charge in [0.25, 0.3) is 0 Å². The van der Waals surface area contributed by atoms with Crippen LogP contribution in [0.2, 0.25) is 0 Å². The fourth-order valence-corrected chi connectivity index (χ4v) is 2.71. The summed E-state index contributed by atoms with van der Waals surface area (Å²) in [6.45, 7) is -0.0136. The number of carbonyl (C=O) groups excluding carboxylic acids is 3. The van der Waals surface area contributed by atoms with E-state index in [0.717, 1.165) is 0 Å². The lowest BCUT2D eigenvalue weighted by Gasteiger charge is -2.24. The van der Waals surface area contributed by atoms with Crippen LogP contribution in [0.1, 0.15) is 6.42 Å². The van der Waals surface area contributed by atoms with E-state index in [1.165, 1.54) is 4.90 Å². The highest BCUT2D eigenvalue weighted by Gasteiger charge is 2.35. The Kier molecular flexibility index (Phi) is 4.36. The molecule has 0 aliphatic carbocycles. The summed E-state index contributed by atoms with van der Waals surface area (Å²) in [4.78, 5) is 37.1. The molecule has 5 N–H and O–H groups in total. The number of hydrogen-bond acceptors (Lipinski definition) is 7. The lowest BCUT2D eigenvalue weighted by molar-refractivity contribution is -0.155. The van der Waals surface area contributed by atoms with Crippen molar-refractivity contribution < 1.29 is 24.2 Å². The lowest BCUT2D eigenvalue weighted by atomic mass is 10.2. The van der Waals surface area contributed by atoms with Gasteiger partial charge in [0, 0.05) is 6.54 Å². The molecular formula is C15H18N4O5. The summed E-state index contributed by atoms with van der Waals surface area (Å²) in [6, 6.07) is 5.45. The van der Waals surface area contributed by atoms with Gasteiger partial charge in [0.15, 0.2) is 0 Å². The maximum absolute atomic E-state index is 12.4. The number of ether oxygens (including phenoxy) is 1. The van der Waals surface area contributed by atoms with E-state index in [2.05, 4.69) is 15.4 Å². The van der Waals surface area contributed by atoms with Crippen LogP contribution in [0.3, 0.4) is 0 Å². The number of rotatable bonds is 3. The summed E-state index contributed by atoms with van der Waals surface area (Å²) in [7, 11) is 0. The topological polar surface area (TPSA) is 134 Å². The van der Waals surface area contributed by atoms with Gasteiger partial charge >= 0.3 is 5.97 Å². The zero-order valence-corrected chi connectivity index (χ0v) is 12.8. The molecule has 1 fully saturated rings. The average Bonchev–Trinajstić information content (AvgIpc) is 2.81. The van der Waals surface area contributed by atoms with E-state index in [1.54, 1.807) is 18.2 Å². The van der Waals surface area contributed by atoms with Crippen molar-refractivity contribution in [2.24, 2.45) is 5.73 Å². The number of aliphatic hydroxyl groups excluding tert-OH is 1. The highest BCUT2D eigenvalue weighted by molar-refractivity contribution is 6.05. The van der Waals surface area contributed by atoms with Crippen molar-refractivity contribution in [2.75, 3.05) is 23.3 Å². The standard InChI is InChI=1S/C15H18N4O5/c16-8-6-17-9-3-1-2-4-11(9)19(14(8)22)7-12(20)18-10-5-13(21)24-15(10)23/h1-4,8,10,15,17,23H,5-7,16H2,(H,18,20). The third-order valence-corrected chi connectivity index (χ3v) is 3.92. The summed E-state index contributed by atoms with van der Waals surface area (Å²) in [5.74, 6) is -1.49. The number of para-hydroxylation sites is 2. The van der Waals surface area contributed by atoms with Crippen LogP contribution in [0.15, 0.2) is 24.3 Å². The van der Waals surface area contributed by atoms with Crippen molar-refractivity contribution >= 4 is 29.2 Å². The molecule has 0 spiro atoms. The Morgan fingerprint density at radius 1 is 1.42 bits per heavy atom. The van der Waals surface area contributed by atoms with Crippen LogP contribution in [-0.4, -0.2) is 54.4 Å². The Balaban J connectivity index is 1.75. The molecule has 3 rings (SSSR count). The molecule has 2 aliphatic rings. The van der Waals surface area contributed by atoms with Crippen LogP contribution in [-0.2, 0) is 19.1 Å². The van der Waals surface area contributed by atoms with Gasteiger partial charge in [0.05, 0.1) is 17.8 Å². The van der Waals surface area contributed by atoms with Crippen LogP contribution in [0.4, 0.5) is 11.4 Å². The number of benzene rings is 1. The van der Waals surface area contributed by atoms with Crippen molar-refractivity contribution in [2.45, 2.75) is 24.8 Å². The van der Waals surface area contributed by atoms with Crippen LogP contribution in [0.5, 0.6) is 0 Å². The van der Waals surface area contributed by atoms with Gasteiger partial charge in [-0.3, -0.25) is 19.3 Å². The van der Waals surface area contributed by atoms with Crippen LogP contribution < -0.4 is 21.3 Å². The average molecular weight is 334 g/mol. The molecule has 1 aromatic carbocycles. The van der Waals surface area contributed by atoms with Crippen LogP contribution >= 0.6 is 0 Å². The SMILES string of the molecule is NC1CNc2ccccc2N(CC(=O)NC2CC(=O)OC2O)C1=O. The number of amides is 2. The minimum atomic E-state index is -1.38. The van der Waals surface area contributed by atoms with Crippen molar-refractivity contribution in [1.29, 1.82) is 0 Å². The molecule has 3 unspecified atom stereocenters. The van der Waals surface area contributed by atoms with E-state index in [-0.39, 0.29) is 25.4 Å². The fourth-order valence-electron chi connectivity index (χ4n) is 2.71. The quantitative estimate of drug-likeness (QED) is 0.495. The molecule has 24 heavy (non-hydrogen) atoms. The highest BCUT2D eigenvalue weighted by atomic mass is 16.6. The molecule has 2 heterocycles. The number of hydrogen-bond donors (Lipinski definition) is 4. The van der Waals surface area contributed by atoms with E-state index in [1.807, 2.05) is 6.07 Å². The number of nitrogens with zero attached hydrogens (tertiary/aromatic N) is 1. The molecule has 0 radical (unpaired) electrons. The molecule has 9 nitrogen and oxygen atoms in total. The van der Waals surface area contributed by atoms with E-state index < -0.39 is 30.3 Å². The number of nitrogens with one attached hydrogen (secondary N) is 2. The molecule has 1 aromatic rings. The van der Waals surface area contributed by atoms with Gasteiger partial charge in [0.1, 0.15) is 18.6 Å². The van der Waals surface area contributed by atoms with E-state index in [4.69, 9.17) is 5.73 Å². The van der Waals surface area contributed by atoms with Gasteiger partial charge in [-0.15, -0.1) is 0 Å². The number of aliphatic hydroxyl groups is 1. The summed E-state index contributed by atoms with van der Waals surface area (Å²) in [5.41, 5.74) is 7.08. The van der Waals surface area contributed by atoms with Gasteiger partial charge in [-0.1, -0.05) is 12.1 Å². The Bertz CT molecular complexity index is 680. The number of anilines is 2. The number of fused-ring (bicyclic) bond motifs is 1. The van der Waals surface area contributed by atoms with Crippen molar-refractivity contribution in [3.8, 4) is 0 Å². The lowest BCUT2D eigenvalue weighted by Crippen LogP contribution is -2.51. The highest BCUT2D eigenvalue weighted by Crippen LogP contribution is 2.28. The number of cyclic esters (lactones) is 1. The molecule has 3 atom stereocenters. The predicted octanol–water partition coefficient (Wildman–Crippen LogP) is -1.48. The molecule has 1 saturated heterocycles. The predicted molar refractivity (Wildman–Crippen MR) is 83.9 cm³/mol. The minimum absolute atomic E-state index is 0.113. The first-order valence-electron chi connectivity index (χ1n) is 7.52. The first-order valence-corrected chi connectivity index (χ1v) is 7.52. The molecular weight excluding hydrogens is 316 g/mol. The van der Waals surface area contributed by atoms with Crippen LogP contribution in [0, 0.1) is 0 Å². The molecule has 128 valence electrons. The van der Waals surface area contributed by atoms with Gasteiger partial charge < -0.3 is 26.2 Å². The summed E-state index contributed by atoms with van der Waals surface area (Å²) in [5, 5.41) is 15.1. The largest absolute Gasteiger partial charge is 0.434 e. The first kappa shape index (κ1) is 16.2. The van der Waals surface area contributed by atoms with Crippen molar-refractivity contribution in [3.63, 3.8) is 0 Å². The Labute approximate surface area is 137 Å².